The number of nitrogens with one attached hydrogen (secondary N) is 1. The Balaban J connectivity index is 2.43. The number of carbonyl (C=O) groups is 2. The normalized spacial score (nSPS) is 25.7. The molecule has 1 N–H and O–H groups in total. The zero-order valence-electron chi connectivity index (χ0n) is 11.4. The maximum absolute atomic E-state index is 11.8. The largest absolute Gasteiger partial charge is 0.294 e. The van der Waals surface area contributed by atoms with Gasteiger partial charge in [-0.2, -0.15) is 10.5 Å². The summed E-state index contributed by atoms with van der Waals surface area (Å²) >= 11 is 0. The van der Waals surface area contributed by atoms with Crippen LogP contribution in [0.3, 0.4) is 0 Å². The second-order valence-corrected chi connectivity index (χ2v) is 4.89. The zero-order chi connectivity index (χ0) is 15.4. The molecule has 0 bridgehead atoms. The van der Waals surface area contributed by atoms with E-state index in [1.54, 1.807) is 13.0 Å². The van der Waals surface area contributed by atoms with Crippen LogP contribution in [0.25, 0.3) is 6.08 Å². The van der Waals surface area contributed by atoms with E-state index in [1.165, 1.54) is 0 Å². The number of rotatable bonds is 2. The molecule has 21 heavy (non-hydrogen) atoms. The summed E-state index contributed by atoms with van der Waals surface area (Å²) in [4.78, 5) is 23.5. The number of carbonyl (C=O) groups excluding carboxylic acids is 2. The van der Waals surface area contributed by atoms with E-state index in [-0.39, 0.29) is 0 Å². The summed E-state index contributed by atoms with van der Waals surface area (Å²) < 4.78 is 0. The van der Waals surface area contributed by atoms with Gasteiger partial charge in [-0.25, -0.2) is 0 Å². The number of benzene rings is 1. The van der Waals surface area contributed by atoms with Crippen molar-refractivity contribution < 1.29 is 9.59 Å². The van der Waals surface area contributed by atoms with Gasteiger partial charge in [0.05, 0.1) is 12.1 Å². The zero-order valence-corrected chi connectivity index (χ0v) is 11.4. The summed E-state index contributed by atoms with van der Waals surface area (Å²) in [7, 11) is 0. The molecule has 104 valence electrons. The lowest BCUT2D eigenvalue weighted by Gasteiger charge is -2.30. The van der Waals surface area contributed by atoms with Crippen LogP contribution in [0, 0.1) is 40.4 Å². The minimum atomic E-state index is -1.03. The molecule has 0 spiro atoms. The molecule has 1 saturated heterocycles. The Morgan fingerprint density at radius 1 is 1.10 bits per heavy atom. The fraction of sp³-hybridized carbons (Fsp3) is 0.250. The average Bonchev–Trinajstić information content (AvgIpc) is 2.47. The van der Waals surface area contributed by atoms with Crippen LogP contribution in [0.5, 0.6) is 0 Å². The quantitative estimate of drug-likeness (QED) is 0.833. The third-order valence-corrected chi connectivity index (χ3v) is 3.53. The van der Waals surface area contributed by atoms with E-state index in [1.807, 2.05) is 42.5 Å². The fourth-order valence-corrected chi connectivity index (χ4v) is 2.51. The smallest absolute Gasteiger partial charge is 0.244 e. The van der Waals surface area contributed by atoms with Crippen molar-refractivity contribution in [1.82, 2.24) is 5.32 Å². The summed E-state index contributed by atoms with van der Waals surface area (Å²) in [6, 6.07) is 13.1. The van der Waals surface area contributed by atoms with E-state index < -0.39 is 29.6 Å². The SMILES string of the molecule is C/C(=C\c1ccccc1)C1C(C#N)C(=O)NC(=O)C1C#N. The van der Waals surface area contributed by atoms with Gasteiger partial charge in [-0.1, -0.05) is 42.0 Å². The Labute approximate surface area is 122 Å². The molecule has 5 heteroatoms. The van der Waals surface area contributed by atoms with Gasteiger partial charge in [0.2, 0.25) is 11.8 Å². The van der Waals surface area contributed by atoms with Crippen LogP contribution >= 0.6 is 0 Å². The van der Waals surface area contributed by atoms with Crippen molar-refractivity contribution in [2.24, 2.45) is 17.8 Å². The third kappa shape index (κ3) is 2.82. The molecule has 2 amide bonds. The average molecular weight is 279 g/mol. The molecule has 1 heterocycles. The first-order valence-electron chi connectivity index (χ1n) is 6.45. The first kappa shape index (κ1) is 14.5. The van der Waals surface area contributed by atoms with Crippen LogP contribution in [0.15, 0.2) is 35.9 Å². The fourth-order valence-electron chi connectivity index (χ4n) is 2.51. The van der Waals surface area contributed by atoms with Crippen LogP contribution < -0.4 is 5.32 Å². The molecule has 1 aromatic rings. The first-order valence-corrected chi connectivity index (χ1v) is 6.45. The lowest BCUT2D eigenvalue weighted by molar-refractivity contribution is -0.138. The molecule has 0 aliphatic carbocycles. The summed E-state index contributed by atoms with van der Waals surface area (Å²) in [5.41, 5.74) is 1.56. The standard InChI is InChI=1S/C16H13N3O2/c1-10(7-11-5-3-2-4-6-11)14-12(8-17)15(20)19-16(21)13(14)9-18/h2-7,12-14H,1H3,(H,19,20,21)/b10-7+. The van der Waals surface area contributed by atoms with Crippen molar-refractivity contribution in [3.8, 4) is 12.1 Å². The molecule has 1 aliphatic heterocycles. The molecule has 1 aliphatic rings. The molecular weight excluding hydrogens is 266 g/mol. The lowest BCUT2D eigenvalue weighted by Crippen LogP contribution is -2.51. The van der Waals surface area contributed by atoms with Gasteiger partial charge >= 0.3 is 0 Å². The Hall–Kier alpha value is -2.92. The predicted octanol–water partition coefficient (Wildman–Crippen LogP) is 1.64. The number of hydrogen-bond acceptors (Lipinski definition) is 4. The molecule has 1 aromatic carbocycles. The minimum absolute atomic E-state index is 0.639. The second kappa shape index (κ2) is 6.02. The number of piperidine rings is 1. The predicted molar refractivity (Wildman–Crippen MR) is 74.9 cm³/mol. The van der Waals surface area contributed by atoms with Crippen molar-refractivity contribution in [2.75, 3.05) is 0 Å². The van der Waals surface area contributed by atoms with E-state index in [0.717, 1.165) is 5.56 Å². The minimum Gasteiger partial charge on any atom is -0.294 e. The van der Waals surface area contributed by atoms with Crippen molar-refractivity contribution in [2.45, 2.75) is 6.92 Å². The number of allylic oxidation sites excluding steroid dienone is 1. The highest BCUT2D eigenvalue weighted by molar-refractivity contribution is 6.02. The molecule has 0 saturated carbocycles. The maximum atomic E-state index is 11.8. The molecule has 5 nitrogen and oxygen atoms in total. The number of hydrogen-bond donors (Lipinski definition) is 1. The Kier molecular flexibility index (Phi) is 4.15. The van der Waals surface area contributed by atoms with Crippen molar-refractivity contribution in [3.63, 3.8) is 0 Å². The van der Waals surface area contributed by atoms with Crippen molar-refractivity contribution in [3.05, 3.63) is 41.5 Å². The van der Waals surface area contributed by atoms with Crippen LogP contribution in [-0.4, -0.2) is 11.8 Å². The summed E-state index contributed by atoms with van der Waals surface area (Å²) in [6.07, 6.45) is 1.80. The number of amides is 2. The van der Waals surface area contributed by atoms with Crippen molar-refractivity contribution in [1.29, 1.82) is 10.5 Å². The van der Waals surface area contributed by atoms with Gasteiger partial charge in [0.1, 0.15) is 11.8 Å². The molecular formula is C16H13N3O2. The van der Waals surface area contributed by atoms with E-state index in [0.29, 0.717) is 5.57 Å². The van der Waals surface area contributed by atoms with Gasteiger partial charge in [-0.15, -0.1) is 0 Å². The van der Waals surface area contributed by atoms with Gasteiger partial charge < -0.3 is 0 Å². The summed E-state index contributed by atoms with van der Waals surface area (Å²) in [5, 5.41) is 20.5. The van der Waals surface area contributed by atoms with Crippen molar-refractivity contribution >= 4 is 17.9 Å². The number of imide groups is 1. The van der Waals surface area contributed by atoms with Gasteiger partial charge in [0.15, 0.2) is 0 Å². The highest BCUT2D eigenvalue weighted by Gasteiger charge is 2.45. The molecule has 1 fully saturated rings. The Morgan fingerprint density at radius 3 is 2.10 bits per heavy atom. The van der Waals surface area contributed by atoms with E-state index in [4.69, 9.17) is 0 Å². The monoisotopic (exact) mass is 279 g/mol. The molecule has 2 rings (SSSR count). The third-order valence-electron chi connectivity index (χ3n) is 3.53. The molecule has 2 atom stereocenters. The van der Waals surface area contributed by atoms with Gasteiger partial charge in [-0.05, 0) is 12.5 Å². The lowest BCUT2D eigenvalue weighted by atomic mass is 9.74. The molecule has 2 unspecified atom stereocenters. The molecule has 0 radical (unpaired) electrons. The first-order chi connectivity index (χ1) is 10.1. The Bertz CT molecular complexity index is 648. The summed E-state index contributed by atoms with van der Waals surface area (Å²) in [5.74, 6) is -4.07. The van der Waals surface area contributed by atoms with E-state index in [2.05, 4.69) is 5.32 Å². The van der Waals surface area contributed by atoms with Gasteiger partial charge in [0, 0.05) is 5.92 Å². The highest BCUT2D eigenvalue weighted by atomic mass is 16.2. The highest BCUT2D eigenvalue weighted by Crippen LogP contribution is 2.33. The van der Waals surface area contributed by atoms with E-state index in [9.17, 15) is 20.1 Å². The number of nitriles is 2. The van der Waals surface area contributed by atoms with Crippen LogP contribution in [-0.2, 0) is 9.59 Å². The Morgan fingerprint density at radius 2 is 1.62 bits per heavy atom. The van der Waals surface area contributed by atoms with E-state index >= 15 is 0 Å². The van der Waals surface area contributed by atoms with Crippen LogP contribution in [0.1, 0.15) is 12.5 Å². The number of nitrogens with zero attached hydrogens (tertiary/aromatic N) is 2. The topological polar surface area (TPSA) is 93.8 Å². The second-order valence-electron chi connectivity index (χ2n) is 4.89. The maximum Gasteiger partial charge on any atom is 0.244 e. The van der Waals surface area contributed by atoms with Crippen LogP contribution in [0.2, 0.25) is 0 Å². The summed E-state index contributed by atoms with van der Waals surface area (Å²) in [6.45, 7) is 1.73. The van der Waals surface area contributed by atoms with Gasteiger partial charge in [-0.3, -0.25) is 14.9 Å². The van der Waals surface area contributed by atoms with Gasteiger partial charge in [0.25, 0.3) is 0 Å². The van der Waals surface area contributed by atoms with Crippen LogP contribution in [0.4, 0.5) is 0 Å². The molecule has 0 aromatic heterocycles.